The number of ether oxygens (including phenoxy) is 2. The summed E-state index contributed by atoms with van der Waals surface area (Å²) in [5.74, 6) is 0.924. The molecule has 118 valence electrons. The quantitative estimate of drug-likeness (QED) is 0.874. The Bertz CT molecular complexity index is 446. The van der Waals surface area contributed by atoms with Gasteiger partial charge in [0.05, 0.1) is 5.60 Å². The molecule has 0 spiro atoms. The third-order valence-corrected chi connectivity index (χ3v) is 3.71. The van der Waals surface area contributed by atoms with Crippen molar-refractivity contribution in [2.75, 3.05) is 39.2 Å². The van der Waals surface area contributed by atoms with Crippen LogP contribution < -0.4 is 10.1 Å². The summed E-state index contributed by atoms with van der Waals surface area (Å²) in [6.45, 7) is 6.76. The average molecular weight is 292 g/mol. The molecule has 0 radical (unpaired) electrons. The van der Waals surface area contributed by atoms with E-state index in [2.05, 4.69) is 36.2 Å². The number of likely N-dealkylation sites (N-methyl/N-ethyl adjacent to an activating group) is 1. The lowest BCUT2D eigenvalue weighted by Crippen LogP contribution is -2.40. The molecular weight excluding hydrogens is 264 g/mol. The zero-order valence-corrected chi connectivity index (χ0v) is 13.7. The molecule has 4 nitrogen and oxygen atoms in total. The van der Waals surface area contributed by atoms with E-state index in [-0.39, 0.29) is 5.60 Å². The van der Waals surface area contributed by atoms with Crippen molar-refractivity contribution < 1.29 is 9.47 Å². The molecular formula is C17H28N2O2. The van der Waals surface area contributed by atoms with Crippen LogP contribution in [0.3, 0.4) is 0 Å². The van der Waals surface area contributed by atoms with E-state index in [1.807, 2.05) is 26.2 Å². The molecule has 1 aliphatic heterocycles. The van der Waals surface area contributed by atoms with Crippen molar-refractivity contribution in [1.82, 2.24) is 4.90 Å². The maximum atomic E-state index is 5.78. The number of benzene rings is 1. The van der Waals surface area contributed by atoms with E-state index >= 15 is 0 Å². The smallest absolute Gasteiger partial charge is 0.121 e. The molecule has 4 heteroatoms. The molecule has 1 aliphatic rings. The van der Waals surface area contributed by atoms with E-state index < -0.39 is 0 Å². The second-order valence-electron chi connectivity index (χ2n) is 6.62. The molecule has 1 N–H and O–H groups in total. The van der Waals surface area contributed by atoms with Crippen molar-refractivity contribution in [2.24, 2.45) is 0 Å². The lowest BCUT2D eigenvalue weighted by Gasteiger charge is -2.36. The van der Waals surface area contributed by atoms with Crippen molar-refractivity contribution in [2.45, 2.75) is 38.3 Å². The standard InChI is InChI=1S/C17H28N2O2/c1-17(2)13-15(8-10-21-17)18-14-6-5-7-16(12-14)20-11-9-19(3)4/h5-7,12,15,18H,8-11,13H2,1-4H3. The molecule has 1 unspecified atom stereocenters. The second kappa shape index (κ2) is 7.14. The van der Waals surface area contributed by atoms with Gasteiger partial charge < -0.3 is 19.7 Å². The van der Waals surface area contributed by atoms with Gasteiger partial charge in [-0.1, -0.05) is 6.07 Å². The predicted molar refractivity (Wildman–Crippen MR) is 87.2 cm³/mol. The lowest BCUT2D eigenvalue weighted by molar-refractivity contribution is -0.0553. The first kappa shape index (κ1) is 16.1. The van der Waals surface area contributed by atoms with Crippen LogP contribution in [0, 0.1) is 0 Å². The molecule has 0 amide bonds. The van der Waals surface area contributed by atoms with E-state index in [9.17, 15) is 0 Å². The highest BCUT2D eigenvalue weighted by molar-refractivity contribution is 5.49. The Kier molecular flexibility index (Phi) is 5.48. The summed E-state index contributed by atoms with van der Waals surface area (Å²) in [7, 11) is 4.10. The monoisotopic (exact) mass is 292 g/mol. The Morgan fingerprint density at radius 3 is 2.90 bits per heavy atom. The van der Waals surface area contributed by atoms with Crippen molar-refractivity contribution in [1.29, 1.82) is 0 Å². The third-order valence-electron chi connectivity index (χ3n) is 3.71. The summed E-state index contributed by atoms with van der Waals surface area (Å²) in [5, 5.41) is 3.61. The van der Waals surface area contributed by atoms with E-state index in [0.717, 1.165) is 37.4 Å². The Hall–Kier alpha value is -1.26. The molecule has 2 rings (SSSR count). The average Bonchev–Trinajstić information content (AvgIpc) is 2.37. The summed E-state index contributed by atoms with van der Waals surface area (Å²) in [6, 6.07) is 8.69. The maximum Gasteiger partial charge on any atom is 0.121 e. The summed E-state index contributed by atoms with van der Waals surface area (Å²) in [5.41, 5.74) is 1.09. The molecule has 1 heterocycles. The highest BCUT2D eigenvalue weighted by Gasteiger charge is 2.28. The molecule has 1 atom stereocenters. The normalized spacial score (nSPS) is 21.3. The molecule has 0 aromatic heterocycles. The lowest BCUT2D eigenvalue weighted by atomic mass is 9.94. The molecule has 1 aromatic rings. The number of nitrogens with zero attached hydrogens (tertiary/aromatic N) is 1. The van der Waals surface area contributed by atoms with Gasteiger partial charge in [0.2, 0.25) is 0 Å². The Morgan fingerprint density at radius 1 is 1.38 bits per heavy atom. The van der Waals surface area contributed by atoms with Gasteiger partial charge in [-0.25, -0.2) is 0 Å². The maximum absolute atomic E-state index is 5.78. The highest BCUT2D eigenvalue weighted by Crippen LogP contribution is 2.27. The molecule has 1 fully saturated rings. The van der Waals surface area contributed by atoms with Crippen LogP contribution in [0.2, 0.25) is 0 Å². The number of anilines is 1. The largest absolute Gasteiger partial charge is 0.492 e. The van der Waals surface area contributed by atoms with Crippen molar-refractivity contribution in [3.05, 3.63) is 24.3 Å². The Balaban J connectivity index is 1.88. The van der Waals surface area contributed by atoms with Crippen LogP contribution in [0.1, 0.15) is 26.7 Å². The SMILES string of the molecule is CN(C)CCOc1cccc(NC2CCOC(C)(C)C2)c1. The van der Waals surface area contributed by atoms with Gasteiger partial charge in [-0.2, -0.15) is 0 Å². The van der Waals surface area contributed by atoms with Gasteiger partial charge in [-0.3, -0.25) is 0 Å². The zero-order valence-electron chi connectivity index (χ0n) is 13.7. The number of rotatable bonds is 6. The minimum Gasteiger partial charge on any atom is -0.492 e. The third kappa shape index (κ3) is 5.56. The van der Waals surface area contributed by atoms with Gasteiger partial charge in [-0.05, 0) is 52.9 Å². The Labute approximate surface area is 128 Å². The molecule has 21 heavy (non-hydrogen) atoms. The fraction of sp³-hybridized carbons (Fsp3) is 0.647. The van der Waals surface area contributed by atoms with Crippen LogP contribution in [0.15, 0.2) is 24.3 Å². The fourth-order valence-corrected chi connectivity index (χ4v) is 2.61. The highest BCUT2D eigenvalue weighted by atomic mass is 16.5. The van der Waals surface area contributed by atoms with Gasteiger partial charge in [0.1, 0.15) is 12.4 Å². The zero-order chi connectivity index (χ0) is 15.3. The topological polar surface area (TPSA) is 33.7 Å². The minimum absolute atomic E-state index is 0.0320. The van der Waals surface area contributed by atoms with Crippen LogP contribution in [-0.4, -0.2) is 50.4 Å². The number of nitrogens with one attached hydrogen (secondary N) is 1. The minimum atomic E-state index is -0.0320. The summed E-state index contributed by atoms with van der Waals surface area (Å²) < 4.78 is 11.5. The Morgan fingerprint density at radius 2 is 2.19 bits per heavy atom. The van der Waals surface area contributed by atoms with Gasteiger partial charge in [-0.15, -0.1) is 0 Å². The van der Waals surface area contributed by atoms with Crippen LogP contribution in [-0.2, 0) is 4.74 Å². The van der Waals surface area contributed by atoms with Crippen LogP contribution in [0.4, 0.5) is 5.69 Å². The first-order chi connectivity index (χ1) is 9.94. The first-order valence-electron chi connectivity index (χ1n) is 7.73. The van der Waals surface area contributed by atoms with Gasteiger partial charge >= 0.3 is 0 Å². The summed E-state index contributed by atoms with van der Waals surface area (Å²) >= 11 is 0. The van der Waals surface area contributed by atoms with Crippen LogP contribution >= 0.6 is 0 Å². The van der Waals surface area contributed by atoms with Crippen molar-refractivity contribution >= 4 is 5.69 Å². The first-order valence-corrected chi connectivity index (χ1v) is 7.73. The van der Waals surface area contributed by atoms with Gasteiger partial charge in [0.15, 0.2) is 0 Å². The number of hydrogen-bond donors (Lipinski definition) is 1. The van der Waals surface area contributed by atoms with Crippen LogP contribution in [0.25, 0.3) is 0 Å². The molecule has 1 aromatic carbocycles. The van der Waals surface area contributed by atoms with Crippen molar-refractivity contribution in [3.63, 3.8) is 0 Å². The van der Waals surface area contributed by atoms with E-state index in [1.165, 1.54) is 0 Å². The van der Waals surface area contributed by atoms with Gasteiger partial charge in [0, 0.05) is 30.9 Å². The predicted octanol–water partition coefficient (Wildman–Crippen LogP) is 3.00. The fourth-order valence-electron chi connectivity index (χ4n) is 2.61. The van der Waals surface area contributed by atoms with E-state index in [1.54, 1.807) is 0 Å². The molecule has 0 saturated carbocycles. The molecule has 0 bridgehead atoms. The molecule has 1 saturated heterocycles. The van der Waals surface area contributed by atoms with Gasteiger partial charge in [0.25, 0.3) is 0 Å². The summed E-state index contributed by atoms with van der Waals surface area (Å²) in [6.07, 6.45) is 2.08. The van der Waals surface area contributed by atoms with Crippen molar-refractivity contribution in [3.8, 4) is 5.75 Å². The molecule has 0 aliphatic carbocycles. The van der Waals surface area contributed by atoms with E-state index in [0.29, 0.717) is 12.6 Å². The van der Waals surface area contributed by atoms with E-state index in [4.69, 9.17) is 9.47 Å². The van der Waals surface area contributed by atoms with Crippen LogP contribution in [0.5, 0.6) is 5.75 Å². The summed E-state index contributed by atoms with van der Waals surface area (Å²) in [4.78, 5) is 2.12. The number of hydrogen-bond acceptors (Lipinski definition) is 4. The second-order valence-corrected chi connectivity index (χ2v) is 6.62.